The van der Waals surface area contributed by atoms with Crippen LogP contribution in [-0.4, -0.2) is 15.5 Å². The summed E-state index contributed by atoms with van der Waals surface area (Å²) in [7, 11) is -2.03. The van der Waals surface area contributed by atoms with Gasteiger partial charge >= 0.3 is 0 Å². The van der Waals surface area contributed by atoms with Crippen LogP contribution < -0.4 is 15.2 Å². The number of benzene rings is 2. The number of nitrogen functional groups attached to an aromatic ring is 1. The lowest BCUT2D eigenvalue weighted by Gasteiger charge is -2.26. The number of hydrogen-bond donors (Lipinski definition) is 2. The summed E-state index contributed by atoms with van der Waals surface area (Å²) in [5.74, 6) is 0.720. The Morgan fingerprint density at radius 3 is 2.48 bits per heavy atom. The zero-order valence-corrected chi connectivity index (χ0v) is 15.6. The van der Waals surface area contributed by atoms with Gasteiger partial charge in [0, 0.05) is 11.7 Å². The summed E-state index contributed by atoms with van der Waals surface area (Å²) < 4.78 is 34.0. The van der Waals surface area contributed by atoms with Crippen molar-refractivity contribution in [3.05, 3.63) is 52.6 Å². The van der Waals surface area contributed by atoms with E-state index in [1.54, 1.807) is 19.2 Å². The molecule has 1 unspecified atom stereocenters. The summed E-state index contributed by atoms with van der Waals surface area (Å²) in [5, 5.41) is 0. The minimum absolute atomic E-state index is 0.225. The smallest absolute Gasteiger partial charge is 0.241 e. The predicted molar refractivity (Wildman–Crippen MR) is 99.3 cm³/mol. The Labute approximate surface area is 149 Å². The second-order valence-corrected chi connectivity index (χ2v) is 8.33. The van der Waals surface area contributed by atoms with E-state index in [1.807, 2.05) is 32.0 Å². The van der Waals surface area contributed by atoms with E-state index in [1.165, 1.54) is 0 Å². The van der Waals surface area contributed by atoms with Crippen molar-refractivity contribution in [2.45, 2.75) is 44.0 Å². The topological polar surface area (TPSA) is 81.4 Å². The molecule has 0 saturated heterocycles. The van der Waals surface area contributed by atoms with Gasteiger partial charge in [0.15, 0.2) is 0 Å². The molecule has 5 nitrogen and oxygen atoms in total. The van der Waals surface area contributed by atoms with Crippen molar-refractivity contribution in [1.29, 1.82) is 0 Å². The normalized spacial score (nSPS) is 17.2. The molecule has 1 aliphatic carbocycles. The number of nitrogens with two attached hydrogens (primary N) is 1. The summed E-state index contributed by atoms with van der Waals surface area (Å²) in [5.41, 5.74) is 10.3. The van der Waals surface area contributed by atoms with Gasteiger partial charge in [0.05, 0.1) is 12.0 Å². The molecule has 0 saturated carbocycles. The maximum Gasteiger partial charge on any atom is 0.241 e. The Morgan fingerprint density at radius 1 is 1.16 bits per heavy atom. The van der Waals surface area contributed by atoms with E-state index in [4.69, 9.17) is 10.5 Å². The number of aryl methyl sites for hydroxylation is 3. The minimum Gasteiger partial charge on any atom is -0.496 e. The Balaban J connectivity index is 1.93. The Morgan fingerprint density at radius 2 is 1.84 bits per heavy atom. The molecule has 2 aromatic carbocycles. The van der Waals surface area contributed by atoms with E-state index in [0.29, 0.717) is 5.69 Å². The number of anilines is 1. The van der Waals surface area contributed by atoms with Gasteiger partial charge in [-0.05, 0) is 79.6 Å². The van der Waals surface area contributed by atoms with Crippen LogP contribution in [0, 0.1) is 13.8 Å². The van der Waals surface area contributed by atoms with Gasteiger partial charge < -0.3 is 10.5 Å². The van der Waals surface area contributed by atoms with E-state index >= 15 is 0 Å². The number of nitrogens with one attached hydrogen (secondary N) is 1. The van der Waals surface area contributed by atoms with E-state index in [2.05, 4.69) is 4.72 Å². The second-order valence-electron chi connectivity index (χ2n) is 6.61. The largest absolute Gasteiger partial charge is 0.496 e. The highest BCUT2D eigenvalue weighted by Gasteiger charge is 2.26. The molecule has 0 radical (unpaired) electrons. The molecular formula is C19H24N2O3S. The van der Waals surface area contributed by atoms with Gasteiger partial charge in [0.2, 0.25) is 10.0 Å². The summed E-state index contributed by atoms with van der Waals surface area (Å²) >= 11 is 0. The van der Waals surface area contributed by atoms with Crippen molar-refractivity contribution in [2.24, 2.45) is 0 Å². The van der Waals surface area contributed by atoms with Crippen LogP contribution in [-0.2, 0) is 16.4 Å². The summed E-state index contributed by atoms with van der Waals surface area (Å²) in [6.45, 7) is 3.70. The summed E-state index contributed by atoms with van der Waals surface area (Å²) in [6, 6.07) is 8.78. The molecule has 2 aromatic rings. The third-order valence-corrected chi connectivity index (χ3v) is 6.18. The molecule has 0 heterocycles. The monoisotopic (exact) mass is 360 g/mol. The quantitative estimate of drug-likeness (QED) is 0.820. The van der Waals surface area contributed by atoms with Crippen LogP contribution in [0.25, 0.3) is 0 Å². The zero-order valence-electron chi connectivity index (χ0n) is 14.8. The fourth-order valence-electron chi connectivity index (χ4n) is 3.60. The van der Waals surface area contributed by atoms with Crippen molar-refractivity contribution in [1.82, 2.24) is 4.72 Å². The second kappa shape index (κ2) is 6.69. The van der Waals surface area contributed by atoms with Gasteiger partial charge in [-0.15, -0.1) is 0 Å². The predicted octanol–water partition coefficient (Wildman–Crippen LogP) is 3.25. The molecule has 0 spiro atoms. The van der Waals surface area contributed by atoms with Crippen molar-refractivity contribution < 1.29 is 13.2 Å². The number of ether oxygens (including phenoxy) is 1. The molecule has 3 rings (SSSR count). The number of sulfonamides is 1. The SMILES string of the molecule is COc1c(C)cc(S(=O)(=O)NC2CCCc3cc(N)ccc32)cc1C. The fraction of sp³-hybridized carbons (Fsp3) is 0.368. The third kappa shape index (κ3) is 3.50. The van der Waals surface area contributed by atoms with Crippen LogP contribution in [0.1, 0.15) is 41.1 Å². The molecule has 6 heteroatoms. The average molecular weight is 360 g/mol. The van der Waals surface area contributed by atoms with Crippen molar-refractivity contribution in [3.63, 3.8) is 0 Å². The van der Waals surface area contributed by atoms with Crippen LogP contribution in [0.3, 0.4) is 0 Å². The van der Waals surface area contributed by atoms with E-state index < -0.39 is 10.0 Å². The number of hydrogen-bond acceptors (Lipinski definition) is 4. The zero-order chi connectivity index (χ0) is 18.2. The van der Waals surface area contributed by atoms with Crippen LogP contribution in [0.5, 0.6) is 5.75 Å². The fourth-order valence-corrected chi connectivity index (χ4v) is 5.02. The first-order valence-electron chi connectivity index (χ1n) is 8.37. The molecule has 134 valence electrons. The van der Waals surface area contributed by atoms with Crippen LogP contribution in [0.2, 0.25) is 0 Å². The lowest BCUT2D eigenvalue weighted by Crippen LogP contribution is -2.31. The van der Waals surface area contributed by atoms with Crippen molar-refractivity contribution in [2.75, 3.05) is 12.8 Å². The van der Waals surface area contributed by atoms with Crippen molar-refractivity contribution >= 4 is 15.7 Å². The third-order valence-electron chi connectivity index (χ3n) is 4.73. The number of rotatable bonds is 4. The summed E-state index contributed by atoms with van der Waals surface area (Å²) in [6.07, 6.45) is 2.65. The highest BCUT2D eigenvalue weighted by Crippen LogP contribution is 2.33. The first-order valence-corrected chi connectivity index (χ1v) is 9.86. The lowest BCUT2D eigenvalue weighted by atomic mass is 9.88. The lowest BCUT2D eigenvalue weighted by molar-refractivity contribution is 0.408. The first-order chi connectivity index (χ1) is 11.8. The van der Waals surface area contributed by atoms with Gasteiger partial charge in [0.1, 0.15) is 5.75 Å². The molecule has 0 aliphatic heterocycles. The van der Waals surface area contributed by atoms with Crippen LogP contribution in [0.4, 0.5) is 5.69 Å². The van der Waals surface area contributed by atoms with Crippen molar-refractivity contribution in [3.8, 4) is 5.75 Å². The van der Waals surface area contributed by atoms with E-state index in [9.17, 15) is 8.42 Å². The maximum atomic E-state index is 12.9. The van der Waals surface area contributed by atoms with Gasteiger partial charge in [-0.1, -0.05) is 6.07 Å². The molecule has 25 heavy (non-hydrogen) atoms. The molecule has 0 fully saturated rings. The van der Waals surface area contributed by atoms with Gasteiger partial charge in [-0.3, -0.25) is 0 Å². The molecule has 0 bridgehead atoms. The molecule has 1 atom stereocenters. The summed E-state index contributed by atoms with van der Waals surface area (Å²) in [4.78, 5) is 0.269. The van der Waals surface area contributed by atoms with Gasteiger partial charge in [-0.2, -0.15) is 0 Å². The van der Waals surface area contributed by atoms with E-state index in [0.717, 1.165) is 47.3 Å². The van der Waals surface area contributed by atoms with Crippen LogP contribution in [0.15, 0.2) is 35.2 Å². The average Bonchev–Trinajstić information content (AvgIpc) is 2.54. The van der Waals surface area contributed by atoms with E-state index in [-0.39, 0.29) is 10.9 Å². The highest BCUT2D eigenvalue weighted by molar-refractivity contribution is 7.89. The van der Waals surface area contributed by atoms with Gasteiger partial charge in [0.25, 0.3) is 0 Å². The molecule has 3 N–H and O–H groups in total. The number of methoxy groups -OCH3 is 1. The highest BCUT2D eigenvalue weighted by atomic mass is 32.2. The Bertz CT molecular complexity index is 884. The standard InChI is InChI=1S/C19H24N2O3S/c1-12-9-16(10-13(2)19(12)24-3)25(22,23)21-18-6-4-5-14-11-15(20)7-8-17(14)18/h7-11,18,21H,4-6,20H2,1-3H3. The molecular weight excluding hydrogens is 336 g/mol. The Hall–Kier alpha value is -2.05. The number of fused-ring (bicyclic) bond motifs is 1. The molecule has 0 aromatic heterocycles. The maximum absolute atomic E-state index is 12.9. The first kappa shape index (κ1) is 17.8. The molecule has 0 amide bonds. The van der Waals surface area contributed by atoms with Gasteiger partial charge in [-0.25, -0.2) is 13.1 Å². The minimum atomic E-state index is -3.62. The molecule has 1 aliphatic rings. The Kier molecular flexibility index (Phi) is 4.75. The van der Waals surface area contributed by atoms with Crippen LogP contribution >= 0.6 is 0 Å².